The zero-order valence-electron chi connectivity index (χ0n) is 11.5. The van der Waals surface area contributed by atoms with Crippen molar-refractivity contribution in [2.75, 3.05) is 12.4 Å². The van der Waals surface area contributed by atoms with Gasteiger partial charge in [0.15, 0.2) is 17.2 Å². The highest BCUT2D eigenvalue weighted by atomic mass is 79.9. The predicted molar refractivity (Wildman–Crippen MR) is 79.2 cm³/mol. The molecule has 0 amide bonds. The van der Waals surface area contributed by atoms with Crippen LogP contribution in [0.3, 0.4) is 0 Å². The number of ether oxygens (including phenoxy) is 1. The molecule has 0 spiro atoms. The molecule has 1 aromatic carbocycles. The maximum Gasteiger partial charge on any atom is 0.224 e. The van der Waals surface area contributed by atoms with Crippen LogP contribution < -0.4 is 10.1 Å². The summed E-state index contributed by atoms with van der Waals surface area (Å²) in [5.41, 5.74) is -0.570. The third-order valence-electron chi connectivity index (χ3n) is 3.56. The van der Waals surface area contributed by atoms with Crippen LogP contribution >= 0.6 is 15.9 Å². The largest absolute Gasteiger partial charge is 0.504 e. The van der Waals surface area contributed by atoms with E-state index in [1.807, 2.05) is 0 Å². The smallest absolute Gasteiger partial charge is 0.224 e. The summed E-state index contributed by atoms with van der Waals surface area (Å²) in [5, 5.41) is 28.0. The molecule has 1 aliphatic heterocycles. The number of anilines is 1. The Labute approximate surface area is 129 Å². The molecule has 0 saturated heterocycles. The summed E-state index contributed by atoms with van der Waals surface area (Å²) in [5.74, 6) is 0.865. The van der Waals surface area contributed by atoms with Crippen LogP contribution in [-0.2, 0) is 5.72 Å². The van der Waals surface area contributed by atoms with Crippen LogP contribution in [-0.4, -0.2) is 32.1 Å². The lowest BCUT2D eigenvalue weighted by molar-refractivity contribution is -0.0473. The van der Waals surface area contributed by atoms with E-state index in [1.54, 1.807) is 19.1 Å². The van der Waals surface area contributed by atoms with Gasteiger partial charge in [-0.05, 0) is 19.1 Å². The molecule has 1 aliphatic rings. The first kappa shape index (κ1) is 14.2. The van der Waals surface area contributed by atoms with Crippen LogP contribution in [0.15, 0.2) is 22.9 Å². The molecule has 3 N–H and O–H groups in total. The van der Waals surface area contributed by atoms with Crippen LogP contribution in [0, 0.1) is 0 Å². The molecule has 0 aliphatic carbocycles. The number of nitrogens with one attached hydrogen (secondary N) is 1. The highest BCUT2D eigenvalue weighted by Gasteiger charge is 2.37. The normalized spacial score (nSPS) is 24.3. The van der Waals surface area contributed by atoms with E-state index < -0.39 is 5.72 Å². The fourth-order valence-corrected chi connectivity index (χ4v) is 3.03. The molecular formula is C13H15BrN4O3. The van der Waals surface area contributed by atoms with Gasteiger partial charge in [-0.2, -0.15) is 10.1 Å². The second-order valence-corrected chi connectivity index (χ2v) is 6.08. The van der Waals surface area contributed by atoms with Crippen molar-refractivity contribution in [2.45, 2.75) is 25.1 Å². The van der Waals surface area contributed by atoms with Gasteiger partial charge >= 0.3 is 0 Å². The van der Waals surface area contributed by atoms with Gasteiger partial charge in [0.2, 0.25) is 5.95 Å². The van der Waals surface area contributed by atoms with Crippen LogP contribution in [0.4, 0.5) is 5.95 Å². The number of benzene rings is 1. The molecule has 21 heavy (non-hydrogen) atoms. The van der Waals surface area contributed by atoms with Gasteiger partial charge in [0.1, 0.15) is 6.33 Å². The molecule has 0 bridgehead atoms. The predicted octanol–water partition coefficient (Wildman–Crippen LogP) is 1.98. The lowest BCUT2D eigenvalue weighted by atomic mass is 9.95. The summed E-state index contributed by atoms with van der Waals surface area (Å²) in [6.45, 7) is 1.66. The van der Waals surface area contributed by atoms with E-state index in [4.69, 9.17) is 4.74 Å². The van der Waals surface area contributed by atoms with E-state index >= 15 is 0 Å². The fraction of sp³-hybridized carbons (Fsp3) is 0.385. The molecule has 0 saturated carbocycles. The minimum Gasteiger partial charge on any atom is -0.504 e. The monoisotopic (exact) mass is 354 g/mol. The van der Waals surface area contributed by atoms with Crippen molar-refractivity contribution in [3.05, 3.63) is 28.5 Å². The standard InChI is InChI=1S/C13H15BrN4O3/c1-13(20)5-9(17-12-15-6-16-18(12)13)8-3-7(14)4-10(21-2)11(8)19/h3-4,6,9,19-20H,5H2,1-2H3,(H,15,16,17)/t9-,13+/m0/s1. The van der Waals surface area contributed by atoms with Gasteiger partial charge in [0.25, 0.3) is 0 Å². The van der Waals surface area contributed by atoms with Crippen molar-refractivity contribution in [3.8, 4) is 11.5 Å². The lowest BCUT2D eigenvalue weighted by Crippen LogP contribution is -2.40. The second kappa shape index (κ2) is 4.88. The molecule has 7 nitrogen and oxygen atoms in total. The van der Waals surface area contributed by atoms with Gasteiger partial charge in [-0.3, -0.25) is 0 Å². The number of fused-ring (bicyclic) bond motifs is 1. The number of aromatic hydroxyl groups is 1. The fourth-order valence-electron chi connectivity index (χ4n) is 2.58. The molecule has 2 atom stereocenters. The second-order valence-electron chi connectivity index (χ2n) is 5.16. The molecule has 2 heterocycles. The zero-order chi connectivity index (χ0) is 15.2. The third-order valence-corrected chi connectivity index (χ3v) is 4.02. The van der Waals surface area contributed by atoms with Gasteiger partial charge in [0, 0.05) is 16.5 Å². The first-order valence-corrected chi connectivity index (χ1v) is 7.17. The van der Waals surface area contributed by atoms with E-state index in [9.17, 15) is 10.2 Å². The summed E-state index contributed by atoms with van der Waals surface area (Å²) in [6, 6.07) is 3.16. The number of hydrogen-bond donors (Lipinski definition) is 3. The van der Waals surface area contributed by atoms with Crippen molar-refractivity contribution in [1.29, 1.82) is 0 Å². The summed E-state index contributed by atoms with van der Waals surface area (Å²) in [4.78, 5) is 4.08. The molecule has 0 fully saturated rings. The number of phenolic OH excluding ortho intramolecular Hbond substituents is 1. The number of halogens is 1. The number of aromatic nitrogens is 3. The molecule has 8 heteroatoms. The maximum atomic E-state index is 10.5. The average molecular weight is 355 g/mol. The Hall–Kier alpha value is -1.80. The number of rotatable bonds is 2. The maximum absolute atomic E-state index is 10.5. The van der Waals surface area contributed by atoms with Crippen LogP contribution in [0.1, 0.15) is 24.9 Å². The lowest BCUT2D eigenvalue weighted by Gasteiger charge is -2.35. The SMILES string of the molecule is COc1cc(Br)cc([C@@H]2C[C@@](C)(O)n3ncnc3N2)c1O. The topological polar surface area (TPSA) is 92.4 Å². The molecule has 0 radical (unpaired) electrons. The first-order valence-electron chi connectivity index (χ1n) is 6.38. The summed E-state index contributed by atoms with van der Waals surface area (Å²) >= 11 is 3.39. The number of nitrogens with zero attached hydrogens (tertiary/aromatic N) is 3. The number of hydrogen-bond acceptors (Lipinski definition) is 6. The zero-order valence-corrected chi connectivity index (χ0v) is 13.1. The van der Waals surface area contributed by atoms with Gasteiger partial charge in [0.05, 0.1) is 13.2 Å². The van der Waals surface area contributed by atoms with Crippen molar-refractivity contribution < 1.29 is 14.9 Å². The molecule has 1 aromatic heterocycles. The molecule has 2 aromatic rings. The minimum atomic E-state index is -1.19. The minimum absolute atomic E-state index is 0.0435. The summed E-state index contributed by atoms with van der Waals surface area (Å²) < 4.78 is 7.36. The third kappa shape index (κ3) is 2.34. The van der Waals surface area contributed by atoms with Crippen molar-refractivity contribution in [3.63, 3.8) is 0 Å². The van der Waals surface area contributed by atoms with Crippen LogP contribution in [0.2, 0.25) is 0 Å². The Kier molecular flexibility index (Phi) is 3.29. The van der Waals surface area contributed by atoms with E-state index in [2.05, 4.69) is 31.3 Å². The van der Waals surface area contributed by atoms with E-state index in [1.165, 1.54) is 18.1 Å². The number of methoxy groups -OCH3 is 1. The Morgan fingerprint density at radius 1 is 1.52 bits per heavy atom. The van der Waals surface area contributed by atoms with E-state index in [-0.39, 0.29) is 11.8 Å². The highest BCUT2D eigenvalue weighted by Crippen LogP contribution is 2.43. The highest BCUT2D eigenvalue weighted by molar-refractivity contribution is 9.10. The van der Waals surface area contributed by atoms with Gasteiger partial charge < -0.3 is 20.3 Å². The molecule has 0 unspecified atom stereocenters. The van der Waals surface area contributed by atoms with E-state index in [0.717, 1.165) is 4.47 Å². The molecule has 3 rings (SSSR count). The number of phenols is 1. The Balaban J connectivity index is 2.05. The average Bonchev–Trinajstić information content (AvgIpc) is 2.89. The van der Waals surface area contributed by atoms with Crippen molar-refractivity contribution >= 4 is 21.9 Å². The van der Waals surface area contributed by atoms with Gasteiger partial charge in [-0.25, -0.2) is 4.68 Å². The Morgan fingerprint density at radius 3 is 3.00 bits per heavy atom. The first-order chi connectivity index (χ1) is 9.92. The van der Waals surface area contributed by atoms with Gasteiger partial charge in [-0.15, -0.1) is 0 Å². The van der Waals surface area contributed by atoms with Crippen LogP contribution in [0.25, 0.3) is 0 Å². The summed E-state index contributed by atoms with van der Waals surface area (Å²) in [6.07, 6.45) is 1.71. The molecular weight excluding hydrogens is 340 g/mol. The molecule has 112 valence electrons. The Morgan fingerprint density at radius 2 is 2.29 bits per heavy atom. The quantitative estimate of drug-likeness (QED) is 0.763. The Bertz CT molecular complexity index is 686. The number of aliphatic hydroxyl groups is 1. The summed E-state index contributed by atoms with van der Waals surface area (Å²) in [7, 11) is 1.49. The van der Waals surface area contributed by atoms with Crippen molar-refractivity contribution in [1.82, 2.24) is 14.8 Å². The van der Waals surface area contributed by atoms with Crippen LogP contribution in [0.5, 0.6) is 11.5 Å². The van der Waals surface area contributed by atoms with Crippen molar-refractivity contribution in [2.24, 2.45) is 0 Å². The van der Waals surface area contributed by atoms with Gasteiger partial charge in [-0.1, -0.05) is 15.9 Å². The van der Waals surface area contributed by atoms with E-state index in [0.29, 0.717) is 23.7 Å².